The van der Waals surface area contributed by atoms with Crippen molar-refractivity contribution in [2.45, 2.75) is 15.8 Å². The van der Waals surface area contributed by atoms with Gasteiger partial charge >= 0.3 is 5.97 Å². The molecule has 2 aromatic rings. The third kappa shape index (κ3) is 4.54. The number of benzene rings is 1. The van der Waals surface area contributed by atoms with Crippen LogP contribution in [0.2, 0.25) is 0 Å². The second-order valence-corrected chi connectivity index (χ2v) is 6.00. The van der Waals surface area contributed by atoms with Gasteiger partial charge < -0.3 is 15.8 Å². The van der Waals surface area contributed by atoms with E-state index in [0.29, 0.717) is 10.9 Å². The summed E-state index contributed by atoms with van der Waals surface area (Å²) in [6, 6.07) is 9.76. The fraction of sp³-hybridized carbons (Fsp3) is 0.154. The van der Waals surface area contributed by atoms with E-state index in [1.54, 1.807) is 0 Å². The Balaban J connectivity index is 2.09. The van der Waals surface area contributed by atoms with Crippen LogP contribution in [0, 0.1) is 0 Å². The molecule has 0 bridgehead atoms. The maximum Gasteiger partial charge on any atom is 0.313 e. The molecule has 110 valence electrons. The van der Waals surface area contributed by atoms with Crippen molar-refractivity contribution < 1.29 is 9.90 Å². The van der Waals surface area contributed by atoms with Crippen molar-refractivity contribution in [2.75, 3.05) is 11.5 Å². The molecule has 21 heavy (non-hydrogen) atoms. The lowest BCUT2D eigenvalue weighted by atomic mass is 10.2. The molecule has 4 N–H and O–H groups in total. The Labute approximate surface area is 129 Å². The van der Waals surface area contributed by atoms with Crippen LogP contribution in [0.15, 0.2) is 45.2 Å². The fourth-order valence-electron chi connectivity index (χ4n) is 1.53. The molecule has 0 atom stereocenters. The summed E-state index contributed by atoms with van der Waals surface area (Å²) in [7, 11) is 0. The molecule has 0 saturated heterocycles. The Morgan fingerprint density at radius 3 is 2.62 bits per heavy atom. The number of aromatic nitrogens is 2. The number of nitrogens with zero attached hydrogens (tertiary/aromatic N) is 1. The minimum Gasteiger partial charge on any atom is -0.481 e. The average molecular weight is 323 g/mol. The Morgan fingerprint density at radius 1 is 1.29 bits per heavy atom. The zero-order chi connectivity index (χ0) is 15.2. The fourth-order valence-corrected chi connectivity index (χ4v) is 2.99. The number of aromatic amines is 1. The molecule has 1 aromatic heterocycles. The van der Waals surface area contributed by atoms with Crippen LogP contribution < -0.4 is 11.3 Å². The Morgan fingerprint density at radius 2 is 2.00 bits per heavy atom. The van der Waals surface area contributed by atoms with Gasteiger partial charge in [-0.2, -0.15) is 4.98 Å². The lowest BCUT2D eigenvalue weighted by Crippen LogP contribution is -2.15. The predicted octanol–water partition coefficient (Wildman–Crippen LogP) is 1.82. The van der Waals surface area contributed by atoms with Crippen molar-refractivity contribution in [1.29, 1.82) is 0 Å². The van der Waals surface area contributed by atoms with E-state index < -0.39 is 11.5 Å². The highest BCUT2D eigenvalue weighted by molar-refractivity contribution is 8.00. The lowest BCUT2D eigenvalue weighted by molar-refractivity contribution is -0.133. The van der Waals surface area contributed by atoms with E-state index in [9.17, 15) is 9.59 Å². The SMILES string of the molecule is Nc1[nH]c(SCc2ccccc2)nc(=O)c1SCC(=O)O. The van der Waals surface area contributed by atoms with E-state index in [-0.39, 0.29) is 16.5 Å². The summed E-state index contributed by atoms with van der Waals surface area (Å²) in [6.45, 7) is 0. The maximum absolute atomic E-state index is 11.8. The molecular formula is C13H13N3O3S2. The van der Waals surface area contributed by atoms with E-state index >= 15 is 0 Å². The molecule has 0 aliphatic heterocycles. The van der Waals surface area contributed by atoms with Crippen LogP contribution in [0.4, 0.5) is 5.82 Å². The number of hydrogen-bond donors (Lipinski definition) is 3. The van der Waals surface area contributed by atoms with Crippen molar-refractivity contribution in [2.24, 2.45) is 0 Å². The summed E-state index contributed by atoms with van der Waals surface area (Å²) in [5, 5.41) is 9.04. The third-order valence-corrected chi connectivity index (χ3v) is 4.46. The van der Waals surface area contributed by atoms with E-state index in [4.69, 9.17) is 10.8 Å². The van der Waals surface area contributed by atoms with Gasteiger partial charge in [0.05, 0.1) is 5.75 Å². The van der Waals surface area contributed by atoms with E-state index in [0.717, 1.165) is 17.3 Å². The Hall–Kier alpha value is -1.93. The number of anilines is 1. The quantitative estimate of drug-likeness (QED) is 0.549. The highest BCUT2D eigenvalue weighted by atomic mass is 32.2. The minimum absolute atomic E-state index is 0.140. The van der Waals surface area contributed by atoms with Crippen LogP contribution >= 0.6 is 23.5 Å². The molecule has 0 aliphatic carbocycles. The van der Waals surface area contributed by atoms with Crippen molar-refractivity contribution >= 4 is 35.3 Å². The molecule has 6 nitrogen and oxygen atoms in total. The number of rotatable bonds is 6. The van der Waals surface area contributed by atoms with Crippen molar-refractivity contribution in [3.63, 3.8) is 0 Å². The molecule has 0 spiro atoms. The molecule has 0 unspecified atom stereocenters. The van der Waals surface area contributed by atoms with Crippen molar-refractivity contribution in [3.8, 4) is 0 Å². The van der Waals surface area contributed by atoms with Crippen LogP contribution in [-0.2, 0) is 10.5 Å². The zero-order valence-corrected chi connectivity index (χ0v) is 12.5. The Bertz CT molecular complexity index is 689. The zero-order valence-electron chi connectivity index (χ0n) is 10.9. The van der Waals surface area contributed by atoms with E-state index in [1.807, 2.05) is 30.3 Å². The van der Waals surface area contributed by atoms with Gasteiger partial charge in [-0.25, -0.2) is 0 Å². The smallest absolute Gasteiger partial charge is 0.313 e. The number of nitrogen functional groups attached to an aromatic ring is 1. The molecule has 0 saturated carbocycles. The first-order chi connectivity index (χ1) is 10.1. The van der Waals surface area contributed by atoms with Crippen LogP contribution in [0.3, 0.4) is 0 Å². The number of thioether (sulfide) groups is 2. The topological polar surface area (TPSA) is 109 Å². The largest absolute Gasteiger partial charge is 0.481 e. The van der Waals surface area contributed by atoms with Gasteiger partial charge in [-0.3, -0.25) is 9.59 Å². The molecule has 2 rings (SSSR count). The van der Waals surface area contributed by atoms with Crippen LogP contribution in [-0.4, -0.2) is 26.8 Å². The average Bonchev–Trinajstić information content (AvgIpc) is 2.45. The second kappa shape index (κ2) is 7.19. The summed E-state index contributed by atoms with van der Waals surface area (Å²) in [5.74, 6) is -0.436. The van der Waals surface area contributed by atoms with Crippen LogP contribution in [0.25, 0.3) is 0 Å². The van der Waals surface area contributed by atoms with E-state index in [2.05, 4.69) is 9.97 Å². The molecule has 1 aromatic carbocycles. The van der Waals surface area contributed by atoms with Crippen LogP contribution in [0.1, 0.15) is 5.56 Å². The lowest BCUT2D eigenvalue weighted by Gasteiger charge is -2.06. The van der Waals surface area contributed by atoms with Gasteiger partial charge in [0.2, 0.25) is 0 Å². The first-order valence-electron chi connectivity index (χ1n) is 5.97. The molecule has 0 fully saturated rings. The number of nitrogens with one attached hydrogen (secondary N) is 1. The first-order valence-corrected chi connectivity index (χ1v) is 7.94. The summed E-state index contributed by atoms with van der Waals surface area (Å²) < 4.78 is 0. The number of carboxylic acid groups (broad SMARTS) is 1. The number of aliphatic carboxylic acids is 1. The molecular weight excluding hydrogens is 310 g/mol. The van der Waals surface area contributed by atoms with Crippen LogP contribution in [0.5, 0.6) is 0 Å². The number of carbonyl (C=O) groups is 1. The number of hydrogen-bond acceptors (Lipinski definition) is 6. The summed E-state index contributed by atoms with van der Waals surface area (Å²) in [4.78, 5) is 29.2. The highest BCUT2D eigenvalue weighted by Crippen LogP contribution is 2.23. The maximum atomic E-state index is 11.8. The van der Waals surface area contributed by atoms with Gasteiger partial charge in [0.25, 0.3) is 5.56 Å². The van der Waals surface area contributed by atoms with E-state index in [1.165, 1.54) is 11.8 Å². The molecule has 8 heteroatoms. The summed E-state index contributed by atoms with van der Waals surface area (Å²) >= 11 is 2.23. The van der Waals surface area contributed by atoms with Crippen molar-refractivity contribution in [1.82, 2.24) is 9.97 Å². The predicted molar refractivity (Wildman–Crippen MR) is 83.6 cm³/mol. The molecule has 1 heterocycles. The Kier molecular flexibility index (Phi) is 5.29. The van der Waals surface area contributed by atoms with Gasteiger partial charge in [0.1, 0.15) is 10.7 Å². The first kappa shape index (κ1) is 15.5. The normalized spacial score (nSPS) is 10.5. The minimum atomic E-state index is -1.01. The van der Waals surface area contributed by atoms with Gasteiger partial charge in [-0.15, -0.1) is 11.8 Å². The third-order valence-electron chi connectivity index (χ3n) is 2.44. The van der Waals surface area contributed by atoms with Gasteiger partial charge in [0.15, 0.2) is 5.16 Å². The van der Waals surface area contributed by atoms with Gasteiger partial charge in [-0.05, 0) is 5.56 Å². The molecule has 0 radical (unpaired) electrons. The number of H-pyrrole nitrogens is 1. The van der Waals surface area contributed by atoms with Gasteiger partial charge in [0, 0.05) is 5.75 Å². The van der Waals surface area contributed by atoms with Gasteiger partial charge in [-0.1, -0.05) is 42.1 Å². The summed E-state index contributed by atoms with van der Waals surface area (Å²) in [6.07, 6.45) is 0. The second-order valence-electron chi connectivity index (χ2n) is 4.05. The number of carboxylic acids is 1. The molecule has 0 aliphatic rings. The van der Waals surface area contributed by atoms with Crippen molar-refractivity contribution in [3.05, 3.63) is 46.2 Å². The highest BCUT2D eigenvalue weighted by Gasteiger charge is 2.11. The summed E-state index contributed by atoms with van der Waals surface area (Å²) in [5.41, 5.74) is 6.35. The number of nitrogens with two attached hydrogens (primary N) is 1. The molecule has 0 amide bonds. The monoisotopic (exact) mass is 323 g/mol. The standard InChI is InChI=1S/C13H13N3O3S2/c14-11-10(20-7-9(17)18)12(19)16-13(15-11)21-6-8-4-2-1-3-5-8/h1-5H,6-7H2,(H,17,18)(H3,14,15,16,19).